The van der Waals surface area contributed by atoms with E-state index in [0.29, 0.717) is 24.5 Å². The predicted molar refractivity (Wildman–Crippen MR) is 113 cm³/mol. The molecule has 1 aromatic carbocycles. The highest BCUT2D eigenvalue weighted by Crippen LogP contribution is 2.20. The van der Waals surface area contributed by atoms with E-state index < -0.39 is 18.2 Å². The van der Waals surface area contributed by atoms with Crippen molar-refractivity contribution in [2.45, 2.75) is 38.1 Å². The molecular formula is C21H21ClF3N4O5-. The molecule has 0 saturated carbocycles. The first-order valence-corrected chi connectivity index (χ1v) is 10.4. The van der Waals surface area contributed by atoms with Crippen LogP contribution in [0.15, 0.2) is 41.2 Å². The van der Waals surface area contributed by atoms with Crippen molar-refractivity contribution in [1.29, 1.82) is 0 Å². The maximum atomic E-state index is 12.7. The van der Waals surface area contributed by atoms with Crippen molar-refractivity contribution in [2.75, 3.05) is 6.54 Å². The van der Waals surface area contributed by atoms with Crippen LogP contribution in [-0.2, 0) is 22.7 Å². The number of rotatable bonds is 5. The van der Waals surface area contributed by atoms with Crippen LogP contribution in [0.1, 0.15) is 34.5 Å². The second kappa shape index (κ2) is 11.7. The number of carboxylic acid groups (broad SMARTS) is 1. The van der Waals surface area contributed by atoms with Gasteiger partial charge in [0.1, 0.15) is 17.7 Å². The fourth-order valence-electron chi connectivity index (χ4n) is 3.27. The number of carbonyl (C=O) groups excluding carboxylic acids is 3. The number of amides is 2. The number of aromatic amines is 1. The van der Waals surface area contributed by atoms with Crippen LogP contribution in [-0.4, -0.2) is 46.4 Å². The summed E-state index contributed by atoms with van der Waals surface area (Å²) in [7, 11) is 0. The Bertz CT molecular complexity index is 1110. The largest absolute Gasteiger partial charge is 0.542 e. The zero-order valence-electron chi connectivity index (χ0n) is 17.7. The number of nitrogens with two attached hydrogens (primary N) is 1. The van der Waals surface area contributed by atoms with Gasteiger partial charge in [-0.15, -0.1) is 0 Å². The number of halogens is 4. The van der Waals surface area contributed by atoms with Gasteiger partial charge in [-0.1, -0.05) is 23.7 Å². The second-order valence-corrected chi connectivity index (χ2v) is 7.64. The van der Waals surface area contributed by atoms with E-state index in [1.807, 2.05) is 6.07 Å². The van der Waals surface area contributed by atoms with Gasteiger partial charge in [-0.2, -0.15) is 13.2 Å². The molecule has 0 aliphatic carbocycles. The zero-order valence-corrected chi connectivity index (χ0v) is 18.4. The second-order valence-electron chi connectivity index (χ2n) is 7.21. The Kier molecular flexibility index (Phi) is 9.21. The lowest BCUT2D eigenvalue weighted by Crippen LogP contribution is -2.46. The summed E-state index contributed by atoms with van der Waals surface area (Å²) in [5, 5.41) is 12.2. The summed E-state index contributed by atoms with van der Waals surface area (Å²) in [6.45, 7) is 1.10. The molecule has 1 aromatic heterocycles. The summed E-state index contributed by atoms with van der Waals surface area (Å²) in [4.78, 5) is 49.6. The van der Waals surface area contributed by atoms with E-state index >= 15 is 0 Å². The lowest BCUT2D eigenvalue weighted by Gasteiger charge is -2.24. The molecule has 13 heteroatoms. The Morgan fingerprint density at radius 1 is 1.21 bits per heavy atom. The third-order valence-corrected chi connectivity index (χ3v) is 5.12. The molecule has 3 rings (SSSR count). The van der Waals surface area contributed by atoms with Crippen molar-refractivity contribution in [3.63, 3.8) is 0 Å². The molecule has 184 valence electrons. The molecule has 0 bridgehead atoms. The van der Waals surface area contributed by atoms with Gasteiger partial charge in [0.05, 0.1) is 0 Å². The number of carboxylic acids is 1. The molecule has 1 aliphatic heterocycles. The smallest absolute Gasteiger partial charge is 0.430 e. The average Bonchev–Trinajstić information content (AvgIpc) is 3.27. The van der Waals surface area contributed by atoms with Gasteiger partial charge in [0.2, 0.25) is 11.5 Å². The summed E-state index contributed by atoms with van der Waals surface area (Å²) >= 11 is 6.03. The number of aliphatic carboxylic acids is 1. The van der Waals surface area contributed by atoms with Crippen LogP contribution in [0.4, 0.5) is 13.2 Å². The molecule has 34 heavy (non-hydrogen) atoms. The number of hydrogen-bond acceptors (Lipinski definition) is 6. The van der Waals surface area contributed by atoms with Crippen molar-refractivity contribution in [1.82, 2.24) is 15.2 Å². The van der Waals surface area contributed by atoms with Crippen molar-refractivity contribution >= 4 is 29.4 Å². The van der Waals surface area contributed by atoms with Gasteiger partial charge in [-0.3, -0.25) is 14.4 Å². The lowest BCUT2D eigenvalue weighted by atomic mass is 10.1. The van der Waals surface area contributed by atoms with Gasteiger partial charge < -0.3 is 30.8 Å². The molecule has 2 amide bonds. The van der Waals surface area contributed by atoms with Crippen LogP contribution in [0, 0.1) is 0 Å². The van der Waals surface area contributed by atoms with Crippen molar-refractivity contribution in [3.8, 4) is 0 Å². The lowest BCUT2D eigenvalue weighted by molar-refractivity contribution is -0.344. The van der Waals surface area contributed by atoms with E-state index in [-0.39, 0.29) is 29.6 Å². The normalized spacial score (nSPS) is 15.3. The van der Waals surface area contributed by atoms with Crippen molar-refractivity contribution in [2.24, 2.45) is 5.73 Å². The number of alkyl halides is 3. The van der Waals surface area contributed by atoms with E-state index in [1.165, 1.54) is 23.1 Å². The summed E-state index contributed by atoms with van der Waals surface area (Å²) in [5.74, 6) is -3.59. The number of pyridine rings is 1. The monoisotopic (exact) mass is 501 g/mol. The van der Waals surface area contributed by atoms with Crippen LogP contribution in [0.3, 0.4) is 0 Å². The molecule has 0 unspecified atom stereocenters. The number of carbonyl (C=O) groups is 3. The average molecular weight is 502 g/mol. The molecule has 1 aliphatic rings. The Morgan fingerprint density at radius 2 is 1.88 bits per heavy atom. The first kappa shape index (κ1) is 26.9. The molecule has 0 radical (unpaired) electrons. The Hall–Kier alpha value is -3.38. The molecule has 1 saturated heterocycles. The molecular weight excluding hydrogens is 481 g/mol. The third kappa shape index (κ3) is 7.32. The maximum absolute atomic E-state index is 12.7. The highest BCUT2D eigenvalue weighted by Gasteiger charge is 2.34. The summed E-state index contributed by atoms with van der Waals surface area (Å²) < 4.78 is 31.5. The van der Waals surface area contributed by atoms with Crippen molar-refractivity contribution < 1.29 is 32.7 Å². The molecule has 9 nitrogen and oxygen atoms in total. The van der Waals surface area contributed by atoms with E-state index in [9.17, 15) is 27.6 Å². The van der Waals surface area contributed by atoms with Gasteiger partial charge in [0.25, 0.3) is 5.91 Å². The van der Waals surface area contributed by atoms with E-state index in [1.54, 1.807) is 12.1 Å². The summed E-state index contributed by atoms with van der Waals surface area (Å²) in [6.07, 6.45) is -3.89. The summed E-state index contributed by atoms with van der Waals surface area (Å²) in [5.41, 5.74) is 7.31. The van der Waals surface area contributed by atoms with E-state index in [0.717, 1.165) is 17.5 Å². The number of hydrogen-bond donors (Lipinski definition) is 3. The van der Waals surface area contributed by atoms with Crippen LogP contribution < -0.4 is 21.7 Å². The van der Waals surface area contributed by atoms with E-state index in [2.05, 4.69) is 10.3 Å². The fourth-order valence-corrected chi connectivity index (χ4v) is 3.46. The Labute approximate surface area is 196 Å². The van der Waals surface area contributed by atoms with E-state index in [4.69, 9.17) is 27.2 Å². The van der Waals surface area contributed by atoms with Crippen LogP contribution in [0.25, 0.3) is 0 Å². The topological polar surface area (TPSA) is 148 Å². The highest BCUT2D eigenvalue weighted by molar-refractivity contribution is 6.30. The molecule has 2 heterocycles. The van der Waals surface area contributed by atoms with Crippen LogP contribution in [0.2, 0.25) is 5.02 Å². The quantitative estimate of drug-likeness (QED) is 0.549. The number of nitrogens with one attached hydrogen (secondary N) is 2. The maximum Gasteiger partial charge on any atom is 0.430 e. The molecule has 0 spiro atoms. The Balaban J connectivity index is 0.000000509. The number of likely N-dealkylation sites (tertiary alicyclic amines) is 1. The van der Waals surface area contributed by atoms with Crippen LogP contribution in [0.5, 0.6) is 0 Å². The minimum Gasteiger partial charge on any atom is -0.542 e. The fraction of sp³-hybridized carbons (Fsp3) is 0.333. The number of benzene rings is 1. The standard InChI is InChI=1S/C19H21ClN4O3.C2HF3O2/c20-14-7-6-12(10-21)13(9-14)11-22-18(26)16-4-2-8-24(16)19(27)15-3-1-5-17(25)23-15;3-2(4,5)1(6)7/h1,3,5-7,9,16H,2,4,8,10-11,21H2,(H,22,26)(H,23,25);(H,6,7)/p-1/t16-;/m0./s1. The van der Waals surface area contributed by atoms with Crippen molar-refractivity contribution in [3.05, 3.63) is 68.6 Å². The van der Waals surface area contributed by atoms with Crippen LogP contribution >= 0.6 is 11.6 Å². The predicted octanol–water partition coefficient (Wildman–Crippen LogP) is 0.707. The molecule has 2 aromatic rings. The first-order chi connectivity index (χ1) is 15.9. The van der Waals surface area contributed by atoms with Gasteiger partial charge in [-0.25, -0.2) is 0 Å². The molecule has 1 atom stereocenters. The number of nitrogens with zero attached hydrogens (tertiary/aromatic N) is 1. The van der Waals surface area contributed by atoms with Gasteiger partial charge in [0, 0.05) is 30.7 Å². The highest BCUT2D eigenvalue weighted by atomic mass is 35.5. The number of H-pyrrole nitrogens is 1. The first-order valence-electron chi connectivity index (χ1n) is 9.97. The zero-order chi connectivity index (χ0) is 25.5. The van der Waals surface area contributed by atoms with Gasteiger partial charge in [-0.05, 0) is 42.2 Å². The SMILES string of the molecule is NCc1ccc(Cl)cc1CNC(=O)[C@@H]1CCCN1C(=O)c1cccc(=O)[nH]1.O=C([O-])C(F)(F)F. The third-order valence-electron chi connectivity index (χ3n) is 4.89. The summed E-state index contributed by atoms with van der Waals surface area (Å²) in [6, 6.07) is 9.19. The minimum atomic E-state index is -5.19. The Morgan fingerprint density at radius 3 is 2.47 bits per heavy atom. The van der Waals surface area contributed by atoms with Gasteiger partial charge >= 0.3 is 6.18 Å². The molecule has 1 fully saturated rings. The molecule has 4 N–H and O–H groups in total. The van der Waals surface area contributed by atoms with Gasteiger partial charge in [0.15, 0.2) is 0 Å². The minimum absolute atomic E-state index is 0.183. The number of aromatic nitrogens is 1.